The Hall–Kier alpha value is -4.06. The number of carbonyl (C=O) groups excluding carboxylic acids is 2. The molecule has 0 spiro atoms. The van der Waals surface area contributed by atoms with Gasteiger partial charge in [-0.3, -0.25) is 9.59 Å². The molecule has 51 heavy (non-hydrogen) atoms. The van der Waals surface area contributed by atoms with E-state index in [0.717, 1.165) is 27.2 Å². The molecule has 0 radical (unpaired) electrons. The van der Waals surface area contributed by atoms with Gasteiger partial charge in [0, 0.05) is 30.7 Å². The number of phenols is 1. The van der Waals surface area contributed by atoms with Crippen molar-refractivity contribution >= 4 is 35.1 Å². The van der Waals surface area contributed by atoms with Gasteiger partial charge in [-0.2, -0.15) is 0 Å². The molecule has 0 unspecified atom stereocenters. The van der Waals surface area contributed by atoms with Crippen LogP contribution in [-0.4, -0.2) is 16.7 Å². The molecule has 2 fully saturated rings. The van der Waals surface area contributed by atoms with Crippen molar-refractivity contribution in [3.05, 3.63) is 137 Å². The highest BCUT2D eigenvalue weighted by atomic mass is 32.2. The zero-order valence-corrected chi connectivity index (χ0v) is 31.0. The number of ketones is 2. The van der Waals surface area contributed by atoms with Crippen molar-refractivity contribution in [3.8, 4) is 16.9 Å². The van der Waals surface area contributed by atoms with Crippen LogP contribution in [0.25, 0.3) is 11.1 Å². The SMILES string of the molecule is CC1CCC(c2ccc(Sc3ccc(O)c4c3C(=O)c3cccc(Sc5ccc(-c6ccc(C7CCC(C)CC7)cc6)cc5)c3C4=O)cc2)CC1. The summed E-state index contributed by atoms with van der Waals surface area (Å²) in [5.41, 5.74) is 6.29. The van der Waals surface area contributed by atoms with Crippen LogP contribution in [0.4, 0.5) is 0 Å². The van der Waals surface area contributed by atoms with E-state index in [0.29, 0.717) is 38.3 Å². The topological polar surface area (TPSA) is 54.4 Å². The predicted molar refractivity (Wildman–Crippen MR) is 209 cm³/mol. The average Bonchev–Trinajstić information content (AvgIpc) is 3.16. The van der Waals surface area contributed by atoms with Crippen molar-refractivity contribution in [2.45, 2.75) is 96.6 Å². The quantitative estimate of drug-likeness (QED) is 0.179. The molecule has 5 aromatic rings. The number of aromatic hydroxyl groups is 1. The number of carbonyl (C=O) groups is 2. The van der Waals surface area contributed by atoms with Gasteiger partial charge in [0.25, 0.3) is 0 Å². The zero-order valence-electron chi connectivity index (χ0n) is 29.4. The van der Waals surface area contributed by atoms with Crippen LogP contribution in [0.2, 0.25) is 0 Å². The predicted octanol–water partition coefficient (Wildman–Crippen LogP) is 12.7. The van der Waals surface area contributed by atoms with Crippen LogP contribution in [0.1, 0.15) is 120 Å². The lowest BCUT2D eigenvalue weighted by Gasteiger charge is -2.26. The molecule has 8 rings (SSSR count). The number of hydrogen-bond donors (Lipinski definition) is 1. The molecule has 0 aliphatic heterocycles. The third-order valence-electron chi connectivity index (χ3n) is 11.5. The van der Waals surface area contributed by atoms with Crippen LogP contribution < -0.4 is 0 Å². The van der Waals surface area contributed by atoms with E-state index in [4.69, 9.17) is 0 Å². The minimum atomic E-state index is -0.311. The Morgan fingerprint density at radius 1 is 0.490 bits per heavy atom. The first kappa shape index (κ1) is 34.0. The molecule has 0 bridgehead atoms. The van der Waals surface area contributed by atoms with E-state index in [1.807, 2.05) is 12.1 Å². The fourth-order valence-corrected chi connectivity index (χ4v) is 10.3. The number of phenolic OH excluding ortho intramolecular Hbond substituents is 1. The van der Waals surface area contributed by atoms with E-state index in [9.17, 15) is 14.7 Å². The molecular formula is C46H44O3S2. The Bertz CT molecular complexity index is 2070. The molecule has 0 heterocycles. The van der Waals surface area contributed by atoms with Gasteiger partial charge in [0.1, 0.15) is 5.75 Å². The third-order valence-corrected chi connectivity index (χ3v) is 13.6. The van der Waals surface area contributed by atoms with Gasteiger partial charge in [-0.15, -0.1) is 0 Å². The lowest BCUT2D eigenvalue weighted by molar-refractivity contribution is 0.0972. The lowest BCUT2D eigenvalue weighted by Crippen LogP contribution is -2.22. The van der Waals surface area contributed by atoms with E-state index < -0.39 is 0 Å². The molecule has 2 saturated carbocycles. The van der Waals surface area contributed by atoms with Crippen molar-refractivity contribution in [1.29, 1.82) is 0 Å². The van der Waals surface area contributed by atoms with Crippen molar-refractivity contribution in [2.75, 3.05) is 0 Å². The molecule has 3 aliphatic rings. The van der Waals surface area contributed by atoms with Crippen molar-refractivity contribution in [1.82, 2.24) is 0 Å². The first-order valence-corrected chi connectivity index (χ1v) is 20.2. The van der Waals surface area contributed by atoms with Gasteiger partial charge in [0.2, 0.25) is 0 Å². The van der Waals surface area contributed by atoms with Crippen LogP contribution in [-0.2, 0) is 0 Å². The molecule has 3 nitrogen and oxygen atoms in total. The van der Waals surface area contributed by atoms with Crippen LogP contribution >= 0.6 is 23.5 Å². The Labute approximate surface area is 310 Å². The number of rotatable bonds is 7. The maximum atomic E-state index is 14.2. The normalized spacial score (nSPS) is 21.6. The first-order chi connectivity index (χ1) is 24.8. The summed E-state index contributed by atoms with van der Waals surface area (Å²) in [5, 5.41) is 11.0. The summed E-state index contributed by atoms with van der Waals surface area (Å²) >= 11 is 2.95. The highest BCUT2D eigenvalue weighted by Gasteiger charge is 2.36. The summed E-state index contributed by atoms with van der Waals surface area (Å²) in [6.07, 6.45) is 10.2. The Kier molecular flexibility index (Phi) is 9.69. The monoisotopic (exact) mass is 708 g/mol. The van der Waals surface area contributed by atoms with E-state index in [1.165, 1.54) is 91.6 Å². The highest BCUT2D eigenvalue weighted by Crippen LogP contribution is 2.45. The van der Waals surface area contributed by atoms with Gasteiger partial charge in [-0.05, 0) is 114 Å². The first-order valence-electron chi connectivity index (χ1n) is 18.6. The summed E-state index contributed by atoms with van der Waals surface area (Å²) in [7, 11) is 0. The summed E-state index contributed by atoms with van der Waals surface area (Å²) in [6, 6.07) is 34.9. The third kappa shape index (κ3) is 6.95. The summed E-state index contributed by atoms with van der Waals surface area (Å²) in [6.45, 7) is 4.70. The van der Waals surface area contributed by atoms with Crippen molar-refractivity contribution in [2.24, 2.45) is 11.8 Å². The second-order valence-corrected chi connectivity index (χ2v) is 17.2. The maximum absolute atomic E-state index is 14.2. The van der Waals surface area contributed by atoms with Gasteiger partial charge in [0.05, 0.1) is 11.1 Å². The lowest BCUT2D eigenvalue weighted by atomic mass is 9.79. The number of fused-ring (bicyclic) bond motifs is 2. The second kappa shape index (κ2) is 14.5. The molecule has 3 aliphatic carbocycles. The van der Waals surface area contributed by atoms with E-state index >= 15 is 0 Å². The van der Waals surface area contributed by atoms with Gasteiger partial charge in [-0.25, -0.2) is 0 Å². The fraction of sp³-hybridized carbons (Fsp3) is 0.304. The summed E-state index contributed by atoms with van der Waals surface area (Å²) < 4.78 is 0. The van der Waals surface area contributed by atoms with Crippen LogP contribution in [0.5, 0.6) is 5.75 Å². The number of hydrogen-bond acceptors (Lipinski definition) is 5. The van der Waals surface area contributed by atoms with Gasteiger partial charge >= 0.3 is 0 Å². The summed E-state index contributed by atoms with van der Waals surface area (Å²) in [5.74, 6) is 2.24. The molecule has 1 N–H and O–H groups in total. The van der Waals surface area contributed by atoms with Gasteiger partial charge in [-0.1, -0.05) is 124 Å². The van der Waals surface area contributed by atoms with Gasteiger partial charge < -0.3 is 5.11 Å². The molecular weight excluding hydrogens is 665 g/mol. The molecule has 5 aromatic carbocycles. The summed E-state index contributed by atoms with van der Waals surface area (Å²) in [4.78, 5) is 31.7. The molecule has 0 aromatic heterocycles. The van der Waals surface area contributed by atoms with Crippen LogP contribution in [0.3, 0.4) is 0 Å². The molecule has 0 atom stereocenters. The largest absolute Gasteiger partial charge is 0.507 e. The molecule has 0 saturated heterocycles. The second-order valence-electron chi connectivity index (χ2n) is 15.0. The Morgan fingerprint density at radius 3 is 1.51 bits per heavy atom. The van der Waals surface area contributed by atoms with Crippen molar-refractivity contribution < 1.29 is 14.7 Å². The molecule has 5 heteroatoms. The molecule has 258 valence electrons. The molecule has 0 amide bonds. The maximum Gasteiger partial charge on any atom is 0.199 e. The smallest absolute Gasteiger partial charge is 0.199 e. The van der Waals surface area contributed by atoms with Crippen molar-refractivity contribution in [3.63, 3.8) is 0 Å². The number of benzene rings is 5. The highest BCUT2D eigenvalue weighted by molar-refractivity contribution is 7.99. The van der Waals surface area contributed by atoms with E-state index in [2.05, 4.69) is 86.6 Å². The Morgan fingerprint density at radius 2 is 0.961 bits per heavy atom. The van der Waals surface area contributed by atoms with E-state index in [-0.39, 0.29) is 22.9 Å². The van der Waals surface area contributed by atoms with Crippen LogP contribution in [0, 0.1) is 11.8 Å². The standard InChI is InChI=1S/C46H44O3S2/c1-28-6-10-30(11-7-28)32-14-16-33(17-15-32)35-20-22-36(23-21-35)50-40-5-3-4-38-42(40)46(49)43-39(47)26-27-41(44(43)45(38)48)51-37-24-18-34(19-25-37)31-12-8-29(2)9-13-31/h3-5,14-31,47H,6-13H2,1-2H3. The van der Waals surface area contributed by atoms with E-state index in [1.54, 1.807) is 18.2 Å². The Balaban J connectivity index is 1.01. The minimum Gasteiger partial charge on any atom is -0.507 e. The van der Waals surface area contributed by atoms with Gasteiger partial charge in [0.15, 0.2) is 11.6 Å². The fourth-order valence-electron chi connectivity index (χ4n) is 8.32. The zero-order chi connectivity index (χ0) is 35.1. The average molecular weight is 709 g/mol. The minimum absolute atomic E-state index is 0.0972. The van der Waals surface area contributed by atoms with Crippen LogP contribution in [0.15, 0.2) is 123 Å².